The molecule has 36 heavy (non-hydrogen) atoms. The molecule has 1 amide bonds. The number of amides is 1. The number of carbonyl (C=O) groups excluding carboxylic acids is 1. The molecule has 0 atom stereocenters. The zero-order valence-electron chi connectivity index (χ0n) is 21.7. The number of nitrogens with zero attached hydrogens (tertiary/aromatic N) is 5. The van der Waals surface area contributed by atoms with Gasteiger partial charge in [-0.05, 0) is 75.8 Å². The molecule has 3 aromatic rings. The van der Waals surface area contributed by atoms with Crippen LogP contribution in [0.5, 0.6) is 0 Å². The molecule has 1 saturated heterocycles. The predicted molar refractivity (Wildman–Crippen MR) is 139 cm³/mol. The van der Waals surface area contributed by atoms with Crippen LogP contribution in [0.15, 0.2) is 36.7 Å². The van der Waals surface area contributed by atoms with Gasteiger partial charge in [-0.2, -0.15) is 5.10 Å². The van der Waals surface area contributed by atoms with Gasteiger partial charge in [0.25, 0.3) is 5.91 Å². The quantitative estimate of drug-likeness (QED) is 0.438. The van der Waals surface area contributed by atoms with Crippen molar-refractivity contribution >= 4 is 17.3 Å². The van der Waals surface area contributed by atoms with Crippen molar-refractivity contribution in [1.29, 1.82) is 5.41 Å². The first-order valence-electron chi connectivity index (χ1n) is 12.3. The summed E-state index contributed by atoms with van der Waals surface area (Å²) in [5.41, 5.74) is 3.20. The number of aromatic nitrogens is 4. The van der Waals surface area contributed by atoms with E-state index in [4.69, 9.17) is 5.41 Å². The number of aliphatic hydroxyl groups is 1. The number of hydrogen-bond donors (Lipinski definition) is 3. The molecule has 1 aliphatic rings. The summed E-state index contributed by atoms with van der Waals surface area (Å²) in [4.78, 5) is 24.0. The highest BCUT2D eigenvalue weighted by atomic mass is 16.3. The lowest BCUT2D eigenvalue weighted by Crippen LogP contribution is -2.39. The normalized spacial score (nSPS) is 14.7. The van der Waals surface area contributed by atoms with Gasteiger partial charge < -0.3 is 15.3 Å². The van der Waals surface area contributed by atoms with Crippen molar-refractivity contribution in [2.24, 2.45) is 13.0 Å². The van der Waals surface area contributed by atoms with Gasteiger partial charge in [-0.1, -0.05) is 0 Å². The summed E-state index contributed by atoms with van der Waals surface area (Å²) in [5.74, 6) is 0.747. The van der Waals surface area contributed by atoms with E-state index in [0.29, 0.717) is 35.8 Å². The number of benzene rings is 1. The fourth-order valence-electron chi connectivity index (χ4n) is 4.66. The molecule has 4 rings (SSSR count). The summed E-state index contributed by atoms with van der Waals surface area (Å²) < 4.78 is 1.83. The molecule has 190 valence electrons. The van der Waals surface area contributed by atoms with Crippen molar-refractivity contribution in [3.8, 4) is 0 Å². The van der Waals surface area contributed by atoms with Gasteiger partial charge in [-0.15, -0.1) is 0 Å². The molecule has 1 aliphatic heterocycles. The van der Waals surface area contributed by atoms with Crippen molar-refractivity contribution in [2.75, 3.05) is 25.5 Å². The summed E-state index contributed by atoms with van der Waals surface area (Å²) >= 11 is 0. The maximum absolute atomic E-state index is 13.5. The molecule has 1 aromatic carbocycles. The number of aryl methyl sites for hydroxylation is 2. The first kappa shape index (κ1) is 25.5. The van der Waals surface area contributed by atoms with Crippen molar-refractivity contribution < 1.29 is 9.90 Å². The summed E-state index contributed by atoms with van der Waals surface area (Å²) in [7, 11) is 3.72. The zero-order valence-corrected chi connectivity index (χ0v) is 21.7. The van der Waals surface area contributed by atoms with E-state index in [-0.39, 0.29) is 17.4 Å². The van der Waals surface area contributed by atoms with Crippen LogP contribution in [0, 0.1) is 18.3 Å². The number of carbonyl (C=O) groups is 1. The minimum Gasteiger partial charge on any atom is -0.388 e. The third-order valence-corrected chi connectivity index (χ3v) is 6.76. The van der Waals surface area contributed by atoms with Crippen LogP contribution in [0.3, 0.4) is 0 Å². The van der Waals surface area contributed by atoms with Crippen LogP contribution in [0.4, 0.5) is 5.69 Å². The Labute approximate surface area is 212 Å². The second-order valence-corrected chi connectivity index (χ2v) is 10.1. The topological polar surface area (TPSA) is 120 Å². The number of rotatable bonds is 7. The molecule has 9 nitrogen and oxygen atoms in total. The average Bonchev–Trinajstić information content (AvgIpc) is 3.27. The molecule has 1 fully saturated rings. The Kier molecular flexibility index (Phi) is 7.21. The van der Waals surface area contributed by atoms with Crippen molar-refractivity contribution in [3.05, 3.63) is 70.6 Å². The largest absolute Gasteiger partial charge is 0.388 e. The number of anilines is 1. The lowest BCUT2D eigenvalue weighted by Gasteiger charge is -2.32. The van der Waals surface area contributed by atoms with Gasteiger partial charge in [-0.3, -0.25) is 14.9 Å². The van der Waals surface area contributed by atoms with Crippen LogP contribution >= 0.6 is 0 Å². The van der Waals surface area contributed by atoms with Crippen molar-refractivity contribution in [2.45, 2.75) is 45.6 Å². The Hall–Kier alpha value is -3.59. The number of nitrogens with one attached hydrogen (secondary N) is 2. The standard InChI is InChI=1S/C27H35N7O2/c1-17-14-23(29-4)21(24(28)22-6-10-30-26(31-22)27(2,3)36)16-20(17)25(35)34-12-7-18(8-13-34)15-19-9-11-33(5)32-19/h6,9-11,14,16,18,28-29,36H,7-8,12-13,15H2,1-5H3. The summed E-state index contributed by atoms with van der Waals surface area (Å²) in [5, 5.41) is 26.8. The minimum atomic E-state index is -1.22. The second-order valence-electron chi connectivity index (χ2n) is 10.1. The summed E-state index contributed by atoms with van der Waals surface area (Å²) in [6.45, 7) is 6.55. The Morgan fingerprint density at radius 3 is 2.56 bits per heavy atom. The molecule has 9 heteroatoms. The summed E-state index contributed by atoms with van der Waals surface area (Å²) in [6, 6.07) is 7.40. The highest BCUT2D eigenvalue weighted by Gasteiger charge is 2.27. The van der Waals surface area contributed by atoms with Gasteiger partial charge >= 0.3 is 0 Å². The first-order valence-corrected chi connectivity index (χ1v) is 12.3. The lowest BCUT2D eigenvalue weighted by atomic mass is 9.91. The number of piperidine rings is 1. The average molecular weight is 490 g/mol. The smallest absolute Gasteiger partial charge is 0.254 e. The SMILES string of the molecule is CNc1cc(C)c(C(=O)N2CCC(Cc3ccn(C)n3)CC2)cc1C(=N)c1ccnc(C(C)(C)O)n1. The van der Waals surface area contributed by atoms with Crippen LogP contribution in [-0.4, -0.2) is 61.5 Å². The number of likely N-dealkylation sites (tertiary alicyclic amines) is 1. The fraction of sp³-hybridized carbons (Fsp3) is 0.444. The van der Waals surface area contributed by atoms with Crippen molar-refractivity contribution in [1.82, 2.24) is 24.6 Å². The van der Waals surface area contributed by atoms with E-state index in [1.165, 1.54) is 0 Å². The molecule has 0 radical (unpaired) electrons. The van der Waals surface area contributed by atoms with Gasteiger partial charge in [0.15, 0.2) is 5.82 Å². The van der Waals surface area contributed by atoms with E-state index in [2.05, 4.69) is 26.4 Å². The van der Waals surface area contributed by atoms with Crippen LogP contribution in [0.1, 0.15) is 65.4 Å². The zero-order chi connectivity index (χ0) is 26.0. The van der Waals surface area contributed by atoms with Crippen LogP contribution < -0.4 is 5.32 Å². The number of hydrogen-bond acceptors (Lipinski definition) is 7. The van der Waals surface area contributed by atoms with Crippen molar-refractivity contribution in [3.63, 3.8) is 0 Å². The van der Waals surface area contributed by atoms with Gasteiger partial charge in [0.2, 0.25) is 0 Å². The minimum absolute atomic E-state index is 0.0136. The molecule has 0 saturated carbocycles. The first-order chi connectivity index (χ1) is 17.1. The molecule has 3 N–H and O–H groups in total. The lowest BCUT2D eigenvalue weighted by molar-refractivity contribution is 0.0682. The molecular formula is C27H35N7O2. The third-order valence-electron chi connectivity index (χ3n) is 6.76. The molecular weight excluding hydrogens is 454 g/mol. The maximum atomic E-state index is 13.5. The molecule has 2 aromatic heterocycles. The molecule has 0 aliphatic carbocycles. The molecule has 0 unspecified atom stereocenters. The molecule has 0 bridgehead atoms. The van der Waals surface area contributed by atoms with Gasteiger partial charge in [0.1, 0.15) is 5.60 Å². The molecule has 0 spiro atoms. The Balaban J connectivity index is 1.54. The predicted octanol–water partition coefficient (Wildman–Crippen LogP) is 3.30. The van der Waals surface area contributed by atoms with Crippen LogP contribution in [0.2, 0.25) is 0 Å². The third kappa shape index (κ3) is 5.46. The van der Waals surface area contributed by atoms with E-state index in [1.54, 1.807) is 39.2 Å². The van der Waals surface area contributed by atoms with Gasteiger partial charge in [-0.25, -0.2) is 9.97 Å². The van der Waals surface area contributed by atoms with Gasteiger partial charge in [0.05, 0.1) is 17.1 Å². The highest BCUT2D eigenvalue weighted by Crippen LogP contribution is 2.27. The monoisotopic (exact) mass is 489 g/mol. The van der Waals surface area contributed by atoms with E-state index >= 15 is 0 Å². The fourth-order valence-corrected chi connectivity index (χ4v) is 4.66. The van der Waals surface area contributed by atoms with E-state index < -0.39 is 5.60 Å². The van der Waals surface area contributed by atoms with Crippen LogP contribution in [0.25, 0.3) is 0 Å². The van der Waals surface area contributed by atoms with Crippen LogP contribution in [-0.2, 0) is 19.1 Å². The second kappa shape index (κ2) is 10.2. The summed E-state index contributed by atoms with van der Waals surface area (Å²) in [6.07, 6.45) is 6.33. The Bertz CT molecular complexity index is 1270. The maximum Gasteiger partial charge on any atom is 0.254 e. The molecule has 3 heterocycles. The van der Waals surface area contributed by atoms with Gasteiger partial charge in [0, 0.05) is 56.4 Å². The van der Waals surface area contributed by atoms with E-state index in [9.17, 15) is 9.90 Å². The van der Waals surface area contributed by atoms with E-state index in [0.717, 1.165) is 36.2 Å². The Morgan fingerprint density at radius 1 is 1.22 bits per heavy atom. The Morgan fingerprint density at radius 2 is 1.94 bits per heavy atom. The highest BCUT2D eigenvalue weighted by molar-refractivity contribution is 6.14. The van der Waals surface area contributed by atoms with E-state index in [1.807, 2.05) is 35.8 Å².